The molecule has 1 N–H and O–H groups in total. The highest BCUT2D eigenvalue weighted by Gasteiger charge is 2.15. The van der Waals surface area contributed by atoms with Crippen molar-refractivity contribution in [2.45, 2.75) is 11.8 Å². The van der Waals surface area contributed by atoms with Crippen molar-refractivity contribution in [2.24, 2.45) is 0 Å². The summed E-state index contributed by atoms with van der Waals surface area (Å²) in [6.45, 7) is 0.442. The largest absolute Gasteiger partial charge is 0.489 e. The zero-order valence-corrected chi connectivity index (χ0v) is 16.1. The van der Waals surface area contributed by atoms with Crippen LogP contribution in [-0.2, 0) is 11.4 Å². The first kappa shape index (κ1) is 18.8. The first-order valence-electron chi connectivity index (χ1n) is 8.92. The van der Waals surface area contributed by atoms with Crippen LogP contribution in [0.3, 0.4) is 0 Å². The fourth-order valence-corrected chi connectivity index (χ4v) is 3.46. The molecule has 0 amide bonds. The van der Waals surface area contributed by atoms with Gasteiger partial charge in [0.1, 0.15) is 22.8 Å². The second kappa shape index (κ2) is 8.67. The number of rotatable bonds is 7. The molecule has 4 rings (SSSR count). The molecule has 0 spiro atoms. The standard InChI is InChI=1S/C23H17NO4S/c25-22(26)21(29-23-24-19-11-4-5-12-20(19)28-23)14-17-9-6-10-18(13-17)27-15-16-7-2-1-3-8-16/h1-14H,15H2,(H,25,26)/b21-14-. The third kappa shape index (κ3) is 4.86. The van der Waals surface area contributed by atoms with Gasteiger partial charge >= 0.3 is 5.97 Å². The van der Waals surface area contributed by atoms with Crippen molar-refractivity contribution in [1.82, 2.24) is 4.98 Å². The molecule has 0 aliphatic heterocycles. The molecule has 0 bridgehead atoms. The molecule has 29 heavy (non-hydrogen) atoms. The van der Waals surface area contributed by atoms with Gasteiger partial charge in [0.05, 0.1) is 0 Å². The van der Waals surface area contributed by atoms with E-state index in [2.05, 4.69) is 4.98 Å². The van der Waals surface area contributed by atoms with Crippen molar-refractivity contribution >= 4 is 34.9 Å². The van der Waals surface area contributed by atoms with Gasteiger partial charge in [0.25, 0.3) is 5.22 Å². The molecule has 0 unspecified atom stereocenters. The van der Waals surface area contributed by atoms with E-state index >= 15 is 0 Å². The zero-order chi connectivity index (χ0) is 20.1. The first-order valence-corrected chi connectivity index (χ1v) is 9.74. The maximum atomic E-state index is 11.7. The van der Waals surface area contributed by atoms with Crippen LogP contribution in [0, 0.1) is 0 Å². The molecule has 0 radical (unpaired) electrons. The third-order valence-electron chi connectivity index (χ3n) is 4.09. The Balaban J connectivity index is 1.52. The van der Waals surface area contributed by atoms with E-state index in [1.807, 2.05) is 66.7 Å². The van der Waals surface area contributed by atoms with Crippen LogP contribution < -0.4 is 4.74 Å². The number of oxazole rings is 1. The minimum absolute atomic E-state index is 0.108. The lowest BCUT2D eigenvalue weighted by Crippen LogP contribution is -1.97. The number of nitrogens with zero attached hydrogens (tertiary/aromatic N) is 1. The predicted molar refractivity (Wildman–Crippen MR) is 113 cm³/mol. The number of aliphatic carboxylic acids is 1. The fourth-order valence-electron chi connectivity index (χ4n) is 2.71. The predicted octanol–water partition coefficient (Wildman–Crippen LogP) is 5.62. The van der Waals surface area contributed by atoms with Crippen LogP contribution in [0.4, 0.5) is 0 Å². The van der Waals surface area contributed by atoms with Crippen molar-refractivity contribution in [3.63, 3.8) is 0 Å². The number of benzene rings is 3. The number of ether oxygens (including phenoxy) is 1. The van der Waals surface area contributed by atoms with E-state index in [4.69, 9.17) is 9.15 Å². The Labute approximate surface area is 171 Å². The third-order valence-corrected chi connectivity index (χ3v) is 4.95. The van der Waals surface area contributed by atoms with Gasteiger partial charge in [0.2, 0.25) is 0 Å². The van der Waals surface area contributed by atoms with Gasteiger partial charge in [-0.15, -0.1) is 0 Å². The Morgan fingerprint density at radius 2 is 1.83 bits per heavy atom. The van der Waals surface area contributed by atoms with Gasteiger partial charge in [-0.25, -0.2) is 9.78 Å². The van der Waals surface area contributed by atoms with Crippen molar-refractivity contribution in [3.8, 4) is 5.75 Å². The Hall–Kier alpha value is -3.51. The van der Waals surface area contributed by atoms with Crippen molar-refractivity contribution in [1.29, 1.82) is 0 Å². The van der Waals surface area contributed by atoms with E-state index in [1.54, 1.807) is 18.2 Å². The molecule has 1 aromatic heterocycles. The van der Waals surface area contributed by atoms with Crippen molar-refractivity contribution in [2.75, 3.05) is 0 Å². The molecule has 0 aliphatic rings. The highest BCUT2D eigenvalue weighted by Crippen LogP contribution is 2.31. The van der Waals surface area contributed by atoms with Gasteiger partial charge < -0.3 is 14.3 Å². The summed E-state index contributed by atoms with van der Waals surface area (Å²) < 4.78 is 11.4. The van der Waals surface area contributed by atoms with Gasteiger partial charge in [-0.1, -0.05) is 54.6 Å². The molecule has 0 saturated carbocycles. The number of para-hydroxylation sites is 2. The summed E-state index contributed by atoms with van der Waals surface area (Å²) in [6, 6.07) is 24.5. The minimum Gasteiger partial charge on any atom is -0.489 e. The molecule has 1 heterocycles. The normalized spacial score (nSPS) is 11.5. The average molecular weight is 403 g/mol. The van der Waals surface area contributed by atoms with Gasteiger partial charge in [-0.2, -0.15) is 0 Å². The number of hydrogen-bond donors (Lipinski definition) is 1. The van der Waals surface area contributed by atoms with E-state index in [9.17, 15) is 9.90 Å². The Kier molecular flexibility index (Phi) is 5.63. The highest BCUT2D eigenvalue weighted by atomic mass is 32.2. The number of carboxylic acid groups (broad SMARTS) is 1. The smallest absolute Gasteiger partial charge is 0.342 e. The Morgan fingerprint density at radius 1 is 1.03 bits per heavy atom. The van der Waals surface area contributed by atoms with Crippen molar-refractivity contribution < 1.29 is 19.1 Å². The van der Waals surface area contributed by atoms with Crippen LogP contribution in [0.2, 0.25) is 0 Å². The molecular formula is C23H17NO4S. The summed E-state index contributed by atoms with van der Waals surface area (Å²) in [6.07, 6.45) is 1.58. The van der Waals surface area contributed by atoms with Gasteiger partial charge in [0.15, 0.2) is 5.58 Å². The number of carboxylic acids is 1. The number of fused-ring (bicyclic) bond motifs is 1. The van der Waals surface area contributed by atoms with Gasteiger partial charge in [-0.05, 0) is 53.2 Å². The monoisotopic (exact) mass is 403 g/mol. The second-order valence-electron chi connectivity index (χ2n) is 6.21. The summed E-state index contributed by atoms with van der Waals surface area (Å²) >= 11 is 0.976. The number of hydrogen-bond acceptors (Lipinski definition) is 5. The summed E-state index contributed by atoms with van der Waals surface area (Å²) in [5, 5.41) is 9.89. The molecule has 144 valence electrons. The number of aromatic nitrogens is 1. The fraction of sp³-hybridized carbons (Fsp3) is 0.0435. The highest BCUT2D eigenvalue weighted by molar-refractivity contribution is 8.03. The number of thioether (sulfide) groups is 1. The van der Waals surface area contributed by atoms with E-state index in [0.29, 0.717) is 23.5 Å². The molecule has 4 aromatic rings. The van der Waals surface area contributed by atoms with E-state index in [0.717, 1.165) is 22.9 Å². The van der Waals surface area contributed by atoms with E-state index < -0.39 is 5.97 Å². The first-order chi connectivity index (χ1) is 14.2. The summed E-state index contributed by atoms with van der Waals surface area (Å²) in [5.41, 5.74) is 3.09. The topological polar surface area (TPSA) is 72.6 Å². The van der Waals surface area contributed by atoms with E-state index in [1.165, 1.54) is 0 Å². The van der Waals surface area contributed by atoms with Crippen LogP contribution in [0.15, 0.2) is 93.4 Å². The molecule has 0 fully saturated rings. The summed E-state index contributed by atoms with van der Waals surface area (Å²) in [7, 11) is 0. The number of carbonyl (C=O) groups is 1. The lowest BCUT2D eigenvalue weighted by atomic mass is 10.2. The van der Waals surface area contributed by atoms with Gasteiger partial charge in [-0.3, -0.25) is 0 Å². The van der Waals surface area contributed by atoms with Crippen molar-refractivity contribution in [3.05, 3.63) is 94.9 Å². The molecule has 6 heteroatoms. The molecule has 5 nitrogen and oxygen atoms in total. The molecule has 0 aliphatic carbocycles. The van der Waals surface area contributed by atoms with Gasteiger partial charge in [0, 0.05) is 0 Å². The maximum absolute atomic E-state index is 11.7. The van der Waals surface area contributed by atoms with Crippen LogP contribution >= 0.6 is 11.8 Å². The maximum Gasteiger partial charge on any atom is 0.342 e. The summed E-state index contributed by atoms with van der Waals surface area (Å²) in [4.78, 5) is 16.2. The van der Waals surface area contributed by atoms with Crippen LogP contribution in [0.1, 0.15) is 11.1 Å². The van der Waals surface area contributed by atoms with Crippen LogP contribution in [0.5, 0.6) is 5.75 Å². The lowest BCUT2D eigenvalue weighted by molar-refractivity contribution is -0.131. The SMILES string of the molecule is O=C(O)/C(=C/c1cccc(OCc2ccccc2)c1)Sc1nc2ccccc2o1. The van der Waals surface area contributed by atoms with Crippen LogP contribution in [0.25, 0.3) is 17.2 Å². The molecule has 3 aromatic carbocycles. The lowest BCUT2D eigenvalue weighted by Gasteiger charge is -2.07. The average Bonchev–Trinajstić information content (AvgIpc) is 3.15. The molecule has 0 atom stereocenters. The minimum atomic E-state index is -1.05. The quantitative estimate of drug-likeness (QED) is 0.319. The van der Waals surface area contributed by atoms with Crippen LogP contribution in [-0.4, -0.2) is 16.1 Å². The Morgan fingerprint density at radius 3 is 2.62 bits per heavy atom. The molecular weight excluding hydrogens is 386 g/mol. The Bertz CT molecular complexity index is 1130. The zero-order valence-electron chi connectivity index (χ0n) is 15.3. The second-order valence-corrected chi connectivity index (χ2v) is 7.20. The summed E-state index contributed by atoms with van der Waals surface area (Å²) in [5.74, 6) is -0.382. The van der Waals surface area contributed by atoms with E-state index in [-0.39, 0.29) is 10.1 Å². The molecule has 0 saturated heterocycles.